The first-order valence-electron chi connectivity index (χ1n) is 11.5. The molecule has 5 rings (SSSR count). The Morgan fingerprint density at radius 3 is 2.69 bits per heavy atom. The third-order valence-electron chi connectivity index (χ3n) is 6.00. The number of aromatic nitrogens is 3. The summed E-state index contributed by atoms with van der Waals surface area (Å²) in [6, 6.07) is 19.2. The second-order valence-corrected chi connectivity index (χ2v) is 10.3. The van der Waals surface area contributed by atoms with E-state index in [4.69, 9.17) is 4.74 Å². The quantitative estimate of drug-likeness (QED) is 0.403. The van der Waals surface area contributed by atoms with Crippen molar-refractivity contribution < 1.29 is 13.2 Å². The van der Waals surface area contributed by atoms with Gasteiger partial charge in [-0.3, -0.25) is 9.62 Å². The summed E-state index contributed by atoms with van der Waals surface area (Å²) in [5.41, 5.74) is 5.02. The maximum atomic E-state index is 11.6. The van der Waals surface area contributed by atoms with E-state index in [1.54, 1.807) is 28.9 Å². The monoisotopic (exact) mass is 492 g/mol. The number of benzene rings is 2. The number of ether oxygens (including phenoxy) is 1. The molecular formula is C25H28N6O3S. The summed E-state index contributed by atoms with van der Waals surface area (Å²) in [6.45, 7) is 5.83. The first-order valence-corrected chi connectivity index (χ1v) is 13.4. The van der Waals surface area contributed by atoms with Crippen LogP contribution in [0.1, 0.15) is 18.6 Å². The molecule has 0 amide bonds. The molecule has 10 heteroatoms. The van der Waals surface area contributed by atoms with Gasteiger partial charge in [-0.05, 0) is 48.5 Å². The lowest BCUT2D eigenvalue weighted by molar-refractivity contribution is -0.0281. The molecule has 2 aromatic carbocycles. The molecule has 1 saturated heterocycles. The van der Waals surface area contributed by atoms with E-state index in [0.717, 1.165) is 60.5 Å². The van der Waals surface area contributed by atoms with Crippen molar-refractivity contribution in [2.75, 3.05) is 42.5 Å². The van der Waals surface area contributed by atoms with Crippen molar-refractivity contribution in [3.05, 3.63) is 72.4 Å². The third kappa shape index (κ3) is 5.45. The fourth-order valence-corrected chi connectivity index (χ4v) is 4.79. The molecule has 2 N–H and O–H groups in total. The molecule has 1 fully saturated rings. The zero-order valence-corrected chi connectivity index (χ0v) is 20.5. The maximum absolute atomic E-state index is 11.6. The lowest BCUT2D eigenvalue weighted by Crippen LogP contribution is -2.38. The summed E-state index contributed by atoms with van der Waals surface area (Å²) in [5.74, 6) is 0.458. The number of rotatable bonds is 7. The van der Waals surface area contributed by atoms with Crippen LogP contribution in [0, 0.1) is 0 Å². The molecule has 0 saturated carbocycles. The van der Waals surface area contributed by atoms with Crippen molar-refractivity contribution in [1.29, 1.82) is 0 Å². The Labute approximate surface area is 204 Å². The predicted octanol–water partition coefficient (Wildman–Crippen LogP) is 3.90. The van der Waals surface area contributed by atoms with Gasteiger partial charge in [-0.25, -0.2) is 17.9 Å². The highest BCUT2D eigenvalue weighted by atomic mass is 32.2. The van der Waals surface area contributed by atoms with Gasteiger partial charge in [0.1, 0.15) is 0 Å². The Balaban J connectivity index is 1.36. The summed E-state index contributed by atoms with van der Waals surface area (Å²) in [5, 5.41) is 7.94. The maximum Gasteiger partial charge on any atom is 0.245 e. The van der Waals surface area contributed by atoms with Crippen LogP contribution in [0.2, 0.25) is 0 Å². The molecule has 35 heavy (non-hydrogen) atoms. The zero-order chi connectivity index (χ0) is 24.4. The topological polar surface area (TPSA) is 101 Å². The predicted molar refractivity (Wildman–Crippen MR) is 137 cm³/mol. The molecule has 2 aromatic heterocycles. The lowest BCUT2D eigenvalue weighted by atomic mass is 10.1. The van der Waals surface area contributed by atoms with Crippen LogP contribution in [0.4, 0.5) is 17.3 Å². The summed E-state index contributed by atoms with van der Waals surface area (Å²) >= 11 is 0. The van der Waals surface area contributed by atoms with E-state index in [2.05, 4.69) is 44.1 Å². The molecular weight excluding hydrogens is 464 g/mol. The Kier molecular flexibility index (Phi) is 6.42. The van der Waals surface area contributed by atoms with Gasteiger partial charge in [0.05, 0.1) is 36.4 Å². The van der Waals surface area contributed by atoms with Gasteiger partial charge in [-0.2, -0.15) is 0 Å². The van der Waals surface area contributed by atoms with Gasteiger partial charge in [0.25, 0.3) is 0 Å². The fraction of sp³-hybridized carbons (Fsp3) is 0.280. The second-order valence-electron chi connectivity index (χ2n) is 8.59. The van der Waals surface area contributed by atoms with Gasteiger partial charge in [0, 0.05) is 30.0 Å². The highest BCUT2D eigenvalue weighted by Crippen LogP contribution is 2.27. The minimum absolute atomic E-state index is 0.0840. The van der Waals surface area contributed by atoms with Crippen LogP contribution in [0.15, 0.2) is 66.9 Å². The number of fused-ring (bicyclic) bond motifs is 1. The van der Waals surface area contributed by atoms with E-state index < -0.39 is 10.0 Å². The van der Waals surface area contributed by atoms with E-state index in [0.29, 0.717) is 11.6 Å². The van der Waals surface area contributed by atoms with Crippen LogP contribution in [0.5, 0.6) is 0 Å². The number of nitrogens with zero attached hydrogens (tertiary/aromatic N) is 4. The normalized spacial score (nSPS) is 16.9. The molecule has 182 valence electrons. The molecule has 1 unspecified atom stereocenters. The van der Waals surface area contributed by atoms with E-state index in [9.17, 15) is 8.42 Å². The summed E-state index contributed by atoms with van der Waals surface area (Å²) in [7, 11) is -3.36. The van der Waals surface area contributed by atoms with Gasteiger partial charge >= 0.3 is 0 Å². The average molecular weight is 493 g/mol. The molecule has 0 radical (unpaired) electrons. The van der Waals surface area contributed by atoms with Crippen molar-refractivity contribution in [3.63, 3.8) is 0 Å². The summed E-state index contributed by atoms with van der Waals surface area (Å²) in [4.78, 5) is 6.84. The van der Waals surface area contributed by atoms with Crippen LogP contribution < -0.4 is 10.0 Å². The third-order valence-corrected chi connectivity index (χ3v) is 6.60. The number of anilines is 3. The minimum atomic E-state index is -3.36. The number of likely N-dealkylation sites (N-methyl/N-ethyl adjacent to an activating group) is 1. The number of hydrogen-bond donors (Lipinski definition) is 2. The highest BCUT2D eigenvalue weighted by molar-refractivity contribution is 7.92. The fourth-order valence-electron chi connectivity index (χ4n) is 4.24. The molecule has 9 nitrogen and oxygen atoms in total. The highest BCUT2D eigenvalue weighted by Gasteiger charge is 2.20. The first-order chi connectivity index (χ1) is 16.9. The van der Waals surface area contributed by atoms with Gasteiger partial charge in [0.15, 0.2) is 0 Å². The van der Waals surface area contributed by atoms with Crippen molar-refractivity contribution in [2.24, 2.45) is 0 Å². The van der Waals surface area contributed by atoms with Crippen molar-refractivity contribution >= 4 is 32.9 Å². The second kappa shape index (κ2) is 9.65. The smallest absolute Gasteiger partial charge is 0.245 e. The first kappa shape index (κ1) is 23.3. The van der Waals surface area contributed by atoms with Crippen molar-refractivity contribution in [2.45, 2.75) is 13.0 Å². The number of nitrogens with one attached hydrogen (secondary N) is 2. The lowest BCUT2D eigenvalue weighted by Gasteiger charge is -2.32. The standard InChI is InChI=1S/C25H28N6O3S/c1-3-30-13-14-34-24(17-30)18-7-9-20(10-8-18)27-25-26-16-22-11-12-23(31(22)28-25)19-5-4-6-21(15-19)29-35(2,32)33/h4-12,15-16,24,29H,3,13-14,17H2,1-2H3,(H,27,28). The molecule has 4 aromatic rings. The minimum Gasteiger partial charge on any atom is -0.371 e. The summed E-state index contributed by atoms with van der Waals surface area (Å²) in [6.07, 6.45) is 2.97. The zero-order valence-electron chi connectivity index (χ0n) is 19.7. The average Bonchev–Trinajstić information content (AvgIpc) is 3.27. The van der Waals surface area contributed by atoms with Gasteiger partial charge in [-0.15, -0.1) is 5.10 Å². The number of hydrogen-bond acceptors (Lipinski definition) is 7. The number of morpholine rings is 1. The number of sulfonamides is 1. The SMILES string of the molecule is CCN1CCOC(c2ccc(Nc3ncc4ccc(-c5cccc(NS(C)(=O)=O)c5)n4n3)cc2)C1. The van der Waals surface area contributed by atoms with E-state index in [1.807, 2.05) is 30.3 Å². The Bertz CT molecular complexity index is 1440. The Hall–Kier alpha value is -3.47. The molecule has 0 bridgehead atoms. The molecule has 1 atom stereocenters. The van der Waals surface area contributed by atoms with Gasteiger partial charge in [-0.1, -0.05) is 31.2 Å². The van der Waals surface area contributed by atoms with Crippen molar-refractivity contribution in [1.82, 2.24) is 19.5 Å². The van der Waals surface area contributed by atoms with Crippen molar-refractivity contribution in [3.8, 4) is 11.3 Å². The molecule has 1 aliphatic heterocycles. The van der Waals surface area contributed by atoms with Gasteiger partial charge in [0.2, 0.25) is 16.0 Å². The molecule has 3 heterocycles. The molecule has 0 spiro atoms. The summed E-state index contributed by atoms with van der Waals surface area (Å²) < 4.78 is 33.5. The van der Waals surface area contributed by atoms with Crippen LogP contribution in [0.3, 0.4) is 0 Å². The van der Waals surface area contributed by atoms with Crippen LogP contribution in [-0.2, 0) is 14.8 Å². The Morgan fingerprint density at radius 1 is 1.09 bits per heavy atom. The molecule has 0 aliphatic carbocycles. The van der Waals surface area contributed by atoms with Gasteiger partial charge < -0.3 is 10.1 Å². The Morgan fingerprint density at radius 2 is 1.91 bits per heavy atom. The van der Waals surface area contributed by atoms with E-state index >= 15 is 0 Å². The molecule has 1 aliphatic rings. The largest absolute Gasteiger partial charge is 0.371 e. The van der Waals surface area contributed by atoms with Crippen LogP contribution in [-0.4, -0.2) is 60.4 Å². The van der Waals surface area contributed by atoms with Crippen LogP contribution in [0.25, 0.3) is 16.8 Å². The van der Waals surface area contributed by atoms with E-state index in [1.165, 1.54) is 0 Å². The van der Waals surface area contributed by atoms with Crippen LogP contribution >= 0.6 is 0 Å². The van der Waals surface area contributed by atoms with E-state index in [-0.39, 0.29) is 6.10 Å².